The van der Waals surface area contributed by atoms with Gasteiger partial charge in [0.1, 0.15) is 0 Å². The van der Waals surface area contributed by atoms with Gasteiger partial charge in [0.25, 0.3) is 0 Å². The van der Waals surface area contributed by atoms with E-state index in [2.05, 4.69) is 10.3 Å². The molecule has 1 aromatic heterocycles. The first-order valence-corrected chi connectivity index (χ1v) is 8.23. The molecule has 1 amide bonds. The van der Waals surface area contributed by atoms with Gasteiger partial charge < -0.3 is 10.4 Å². The molecule has 2 aromatic rings. The van der Waals surface area contributed by atoms with Crippen molar-refractivity contribution in [1.29, 1.82) is 0 Å². The van der Waals surface area contributed by atoms with E-state index in [4.69, 9.17) is 5.11 Å². The predicted octanol–water partition coefficient (Wildman–Crippen LogP) is 2.78. The number of carbonyl (C=O) groups is 1. The van der Waals surface area contributed by atoms with Crippen LogP contribution in [0.2, 0.25) is 0 Å². The number of carbonyl (C=O) groups excluding carboxylic acids is 1. The van der Waals surface area contributed by atoms with Crippen LogP contribution in [0.4, 0.5) is 5.13 Å². The number of aryl methyl sites for hydroxylation is 1. The lowest BCUT2D eigenvalue weighted by molar-refractivity contribution is -0.113. The molecule has 0 bridgehead atoms. The number of anilines is 1. The van der Waals surface area contributed by atoms with Gasteiger partial charge in [-0.05, 0) is 6.92 Å². The molecule has 2 rings (SSSR count). The highest BCUT2D eigenvalue weighted by Crippen LogP contribution is 2.25. The summed E-state index contributed by atoms with van der Waals surface area (Å²) in [6.07, 6.45) is 0. The third-order valence-electron chi connectivity index (χ3n) is 2.57. The minimum absolute atomic E-state index is 0.0896. The van der Waals surface area contributed by atoms with Crippen LogP contribution >= 0.6 is 23.1 Å². The van der Waals surface area contributed by atoms with Crippen LogP contribution in [0.3, 0.4) is 0 Å². The zero-order valence-electron chi connectivity index (χ0n) is 11.1. The molecule has 0 saturated heterocycles. The van der Waals surface area contributed by atoms with E-state index in [9.17, 15) is 4.79 Å². The zero-order chi connectivity index (χ0) is 14.4. The van der Waals surface area contributed by atoms with Gasteiger partial charge >= 0.3 is 0 Å². The Bertz CT molecular complexity index is 567. The maximum absolute atomic E-state index is 11.6. The molecule has 0 aliphatic carbocycles. The number of aliphatic hydroxyl groups excluding tert-OH is 1. The monoisotopic (exact) mass is 308 g/mol. The summed E-state index contributed by atoms with van der Waals surface area (Å²) in [7, 11) is 0. The van der Waals surface area contributed by atoms with Gasteiger partial charge in [0.15, 0.2) is 5.13 Å². The lowest BCUT2D eigenvalue weighted by Crippen LogP contribution is -2.14. The second-order valence-corrected chi connectivity index (χ2v) is 6.19. The number of thioether (sulfide) groups is 1. The Balaban J connectivity index is 1.95. The lowest BCUT2D eigenvalue weighted by atomic mass is 10.1. The standard InChI is InChI=1S/C14H16N2O2S2/c1-10-2-4-11(5-3-10)12-8-20-14(15-12)16-13(18)9-19-7-6-17/h2-5,8,17H,6-7,9H2,1H3,(H,15,16,18). The number of aliphatic hydroxyl groups is 1. The molecule has 2 N–H and O–H groups in total. The van der Waals surface area contributed by atoms with Gasteiger partial charge in [0.2, 0.25) is 5.91 Å². The number of benzene rings is 1. The van der Waals surface area contributed by atoms with Gasteiger partial charge in [-0.2, -0.15) is 0 Å². The Morgan fingerprint density at radius 1 is 1.40 bits per heavy atom. The predicted molar refractivity (Wildman–Crippen MR) is 85.3 cm³/mol. The first kappa shape index (κ1) is 15.0. The molecule has 0 aliphatic rings. The summed E-state index contributed by atoms with van der Waals surface area (Å²) in [5.74, 6) is 0.813. The van der Waals surface area contributed by atoms with Crippen molar-refractivity contribution in [2.75, 3.05) is 23.4 Å². The van der Waals surface area contributed by atoms with Crippen molar-refractivity contribution in [2.24, 2.45) is 0 Å². The quantitative estimate of drug-likeness (QED) is 0.806. The first-order valence-electron chi connectivity index (χ1n) is 6.20. The zero-order valence-corrected chi connectivity index (χ0v) is 12.8. The summed E-state index contributed by atoms with van der Waals surface area (Å²) < 4.78 is 0. The van der Waals surface area contributed by atoms with E-state index >= 15 is 0 Å². The number of nitrogens with one attached hydrogen (secondary N) is 1. The molecule has 0 saturated carbocycles. The molecule has 0 radical (unpaired) electrons. The molecule has 6 heteroatoms. The van der Waals surface area contributed by atoms with E-state index in [1.54, 1.807) is 0 Å². The van der Waals surface area contributed by atoms with Crippen LogP contribution in [0.5, 0.6) is 0 Å². The molecule has 0 spiro atoms. The highest BCUT2D eigenvalue weighted by Gasteiger charge is 2.08. The molecule has 106 valence electrons. The van der Waals surface area contributed by atoms with Gasteiger partial charge in [-0.15, -0.1) is 23.1 Å². The summed E-state index contributed by atoms with van der Waals surface area (Å²) in [5.41, 5.74) is 3.12. The van der Waals surface area contributed by atoms with Crippen molar-refractivity contribution in [2.45, 2.75) is 6.92 Å². The number of thiazole rings is 1. The normalized spacial score (nSPS) is 10.5. The Morgan fingerprint density at radius 2 is 2.15 bits per heavy atom. The van der Waals surface area contributed by atoms with Crippen LogP contribution in [0, 0.1) is 6.92 Å². The molecule has 4 nitrogen and oxygen atoms in total. The molecule has 0 atom stereocenters. The largest absolute Gasteiger partial charge is 0.396 e. The molecular weight excluding hydrogens is 292 g/mol. The van der Waals surface area contributed by atoms with E-state index in [0.29, 0.717) is 16.6 Å². The summed E-state index contributed by atoms with van der Waals surface area (Å²) in [6, 6.07) is 8.12. The second kappa shape index (κ2) is 7.42. The maximum Gasteiger partial charge on any atom is 0.236 e. The maximum atomic E-state index is 11.6. The fourth-order valence-corrected chi connectivity index (χ4v) is 2.84. The highest BCUT2D eigenvalue weighted by molar-refractivity contribution is 7.99. The van der Waals surface area contributed by atoms with E-state index < -0.39 is 0 Å². The van der Waals surface area contributed by atoms with Gasteiger partial charge in [0.05, 0.1) is 18.1 Å². The molecule has 0 aliphatic heterocycles. The summed E-state index contributed by atoms with van der Waals surface area (Å²) >= 11 is 2.81. The van der Waals surface area contributed by atoms with E-state index in [0.717, 1.165) is 11.3 Å². The average Bonchev–Trinajstić information content (AvgIpc) is 2.88. The van der Waals surface area contributed by atoms with Crippen LogP contribution in [-0.4, -0.2) is 34.1 Å². The minimum atomic E-state index is -0.0896. The lowest BCUT2D eigenvalue weighted by Gasteiger charge is -2.00. The third-order valence-corrected chi connectivity index (χ3v) is 4.26. The van der Waals surface area contributed by atoms with Gasteiger partial charge in [-0.3, -0.25) is 4.79 Å². The van der Waals surface area contributed by atoms with Gasteiger partial charge in [-0.1, -0.05) is 29.8 Å². The summed E-state index contributed by atoms with van der Waals surface area (Å²) in [5, 5.41) is 14.0. The van der Waals surface area contributed by atoms with Crippen LogP contribution in [0.1, 0.15) is 5.56 Å². The number of nitrogens with zero attached hydrogens (tertiary/aromatic N) is 1. The average molecular weight is 308 g/mol. The number of rotatable bonds is 6. The molecule has 1 aromatic carbocycles. The summed E-state index contributed by atoms with van der Waals surface area (Å²) in [6.45, 7) is 2.13. The Kier molecular flexibility index (Phi) is 5.58. The third kappa shape index (κ3) is 4.33. The molecular formula is C14H16N2O2S2. The Morgan fingerprint density at radius 3 is 2.85 bits per heavy atom. The Hall–Kier alpha value is -1.37. The smallest absolute Gasteiger partial charge is 0.236 e. The number of aromatic nitrogens is 1. The second-order valence-electron chi connectivity index (χ2n) is 4.23. The SMILES string of the molecule is Cc1ccc(-c2csc(NC(=O)CSCCO)n2)cc1. The van der Waals surface area contributed by atoms with E-state index in [-0.39, 0.29) is 12.5 Å². The van der Waals surface area contributed by atoms with E-state index in [1.807, 2.05) is 36.6 Å². The highest BCUT2D eigenvalue weighted by atomic mass is 32.2. The minimum Gasteiger partial charge on any atom is -0.396 e. The molecule has 0 fully saturated rings. The fourth-order valence-electron chi connectivity index (χ4n) is 1.57. The number of hydrogen-bond donors (Lipinski definition) is 2. The van der Waals surface area contributed by atoms with Crippen molar-refractivity contribution >= 4 is 34.1 Å². The van der Waals surface area contributed by atoms with Gasteiger partial charge in [0, 0.05) is 16.7 Å². The van der Waals surface area contributed by atoms with Gasteiger partial charge in [-0.25, -0.2) is 4.98 Å². The van der Waals surface area contributed by atoms with Crippen LogP contribution < -0.4 is 5.32 Å². The van der Waals surface area contributed by atoms with Crippen molar-refractivity contribution in [3.63, 3.8) is 0 Å². The van der Waals surface area contributed by atoms with E-state index in [1.165, 1.54) is 28.7 Å². The van der Waals surface area contributed by atoms with Crippen molar-refractivity contribution < 1.29 is 9.90 Å². The number of hydrogen-bond acceptors (Lipinski definition) is 5. The molecule has 20 heavy (non-hydrogen) atoms. The van der Waals surface area contributed by atoms with Crippen LogP contribution in [0.25, 0.3) is 11.3 Å². The van der Waals surface area contributed by atoms with Crippen LogP contribution in [0.15, 0.2) is 29.6 Å². The van der Waals surface area contributed by atoms with Crippen molar-refractivity contribution in [3.05, 3.63) is 35.2 Å². The summed E-state index contributed by atoms with van der Waals surface area (Å²) in [4.78, 5) is 16.0. The molecule has 1 heterocycles. The number of amides is 1. The Labute approximate surface area is 126 Å². The van der Waals surface area contributed by atoms with Crippen molar-refractivity contribution in [3.8, 4) is 11.3 Å². The fraction of sp³-hybridized carbons (Fsp3) is 0.286. The first-order chi connectivity index (χ1) is 9.69. The van der Waals surface area contributed by atoms with Crippen LogP contribution in [-0.2, 0) is 4.79 Å². The molecule has 0 unspecified atom stereocenters. The topological polar surface area (TPSA) is 62.2 Å². The van der Waals surface area contributed by atoms with Crippen molar-refractivity contribution in [1.82, 2.24) is 4.98 Å².